The van der Waals surface area contributed by atoms with Crippen molar-refractivity contribution < 1.29 is 0 Å². The molecule has 0 fully saturated rings. The first-order valence-electron chi connectivity index (χ1n) is 4.72. The smallest absolute Gasteiger partial charge is 0.141 e. The first-order valence-corrected chi connectivity index (χ1v) is 6.29. The summed E-state index contributed by atoms with van der Waals surface area (Å²) in [6, 6.07) is 3.90. The molecule has 0 aliphatic carbocycles. The van der Waals surface area contributed by atoms with Crippen molar-refractivity contribution in [3.8, 4) is 0 Å². The van der Waals surface area contributed by atoms with Crippen LogP contribution in [0.3, 0.4) is 0 Å². The van der Waals surface area contributed by atoms with Gasteiger partial charge in [-0.05, 0) is 31.0 Å². The number of nitrogens with zero attached hydrogens (tertiary/aromatic N) is 1. The summed E-state index contributed by atoms with van der Waals surface area (Å²) in [7, 11) is 0. The van der Waals surface area contributed by atoms with Crippen molar-refractivity contribution in [3.05, 3.63) is 39.5 Å². The van der Waals surface area contributed by atoms with Gasteiger partial charge in [-0.25, -0.2) is 0 Å². The maximum Gasteiger partial charge on any atom is 0.141 e. The summed E-state index contributed by atoms with van der Waals surface area (Å²) in [5.41, 5.74) is 2.23. The monoisotopic (exact) mass is 272 g/mol. The summed E-state index contributed by atoms with van der Waals surface area (Å²) in [4.78, 5) is 1.11. The molecule has 2 rings (SSSR count). The average molecular weight is 273 g/mol. The van der Waals surface area contributed by atoms with Gasteiger partial charge in [-0.2, -0.15) is 5.10 Å². The van der Waals surface area contributed by atoms with Crippen LogP contribution in [0, 0.1) is 13.8 Å². The van der Waals surface area contributed by atoms with E-state index in [0.717, 1.165) is 20.5 Å². The molecule has 1 aromatic heterocycles. The predicted octanol–water partition coefficient (Wildman–Crippen LogP) is 4.48. The van der Waals surface area contributed by atoms with Crippen LogP contribution < -0.4 is 0 Å². The van der Waals surface area contributed by atoms with Crippen molar-refractivity contribution in [1.82, 2.24) is 10.2 Å². The molecule has 5 heteroatoms. The van der Waals surface area contributed by atoms with Gasteiger partial charge >= 0.3 is 0 Å². The summed E-state index contributed by atoms with van der Waals surface area (Å²) in [5.74, 6) is 0. The Kier molecular flexibility index (Phi) is 3.47. The van der Waals surface area contributed by atoms with Crippen LogP contribution in [0.5, 0.6) is 0 Å². The molecule has 1 heterocycles. The molecule has 0 saturated heterocycles. The van der Waals surface area contributed by atoms with Gasteiger partial charge in [-0.15, -0.1) is 0 Å². The standard InChI is InChI=1S/C11H10Cl2N2S/c1-6-3-4-8(12)7(2)10(6)16-11-9(13)5-14-15-11/h3-5H,1-2H3,(H,14,15). The Labute approximate surface area is 108 Å². The van der Waals surface area contributed by atoms with E-state index in [-0.39, 0.29) is 0 Å². The topological polar surface area (TPSA) is 28.7 Å². The molecule has 0 saturated carbocycles. The number of aryl methyl sites for hydroxylation is 1. The number of benzene rings is 1. The minimum atomic E-state index is 0.628. The molecule has 2 aromatic rings. The van der Waals surface area contributed by atoms with Crippen LogP contribution in [-0.2, 0) is 0 Å². The zero-order valence-electron chi connectivity index (χ0n) is 8.84. The Morgan fingerprint density at radius 3 is 2.56 bits per heavy atom. The van der Waals surface area contributed by atoms with Crippen LogP contribution in [0.25, 0.3) is 0 Å². The summed E-state index contributed by atoms with van der Waals surface area (Å²) in [5, 5.41) is 8.99. The lowest BCUT2D eigenvalue weighted by atomic mass is 10.1. The van der Waals surface area contributed by atoms with Crippen molar-refractivity contribution in [2.24, 2.45) is 0 Å². The van der Waals surface area contributed by atoms with Crippen LogP contribution in [0.15, 0.2) is 28.3 Å². The number of hydrogen-bond donors (Lipinski definition) is 1. The average Bonchev–Trinajstić information content (AvgIpc) is 2.65. The Bertz CT molecular complexity index is 523. The van der Waals surface area contributed by atoms with E-state index in [1.165, 1.54) is 17.3 Å². The molecule has 0 spiro atoms. The number of halogens is 2. The second-order valence-electron chi connectivity index (χ2n) is 3.46. The van der Waals surface area contributed by atoms with Gasteiger partial charge in [0.2, 0.25) is 0 Å². The van der Waals surface area contributed by atoms with Crippen LogP contribution in [0.1, 0.15) is 11.1 Å². The molecule has 1 N–H and O–H groups in total. The Hall–Kier alpha value is -0.640. The van der Waals surface area contributed by atoms with E-state index in [9.17, 15) is 0 Å². The molecule has 0 aliphatic heterocycles. The highest BCUT2D eigenvalue weighted by atomic mass is 35.5. The molecular formula is C11H10Cl2N2S. The number of H-pyrrole nitrogens is 1. The molecule has 0 unspecified atom stereocenters. The van der Waals surface area contributed by atoms with E-state index in [0.29, 0.717) is 5.02 Å². The van der Waals surface area contributed by atoms with Gasteiger partial charge in [0.25, 0.3) is 0 Å². The Morgan fingerprint density at radius 2 is 1.94 bits per heavy atom. The first-order chi connectivity index (χ1) is 7.59. The molecule has 0 radical (unpaired) electrons. The lowest BCUT2D eigenvalue weighted by Crippen LogP contribution is -1.87. The van der Waals surface area contributed by atoms with Gasteiger partial charge in [0, 0.05) is 16.1 Å². The van der Waals surface area contributed by atoms with E-state index >= 15 is 0 Å². The number of hydrogen-bond acceptors (Lipinski definition) is 2. The highest BCUT2D eigenvalue weighted by Crippen LogP contribution is 2.37. The molecule has 0 atom stereocenters. The van der Waals surface area contributed by atoms with E-state index in [4.69, 9.17) is 23.2 Å². The SMILES string of the molecule is Cc1ccc(Cl)c(C)c1Sc1n[nH]cc1Cl. The highest BCUT2D eigenvalue weighted by Gasteiger charge is 2.11. The highest BCUT2D eigenvalue weighted by molar-refractivity contribution is 7.99. The summed E-state index contributed by atoms with van der Waals surface area (Å²) >= 11 is 13.6. The first kappa shape index (κ1) is 11.8. The molecule has 84 valence electrons. The fourth-order valence-corrected chi connectivity index (χ4v) is 2.75. The lowest BCUT2D eigenvalue weighted by molar-refractivity contribution is 1.00. The quantitative estimate of drug-likeness (QED) is 0.873. The molecule has 0 amide bonds. The van der Waals surface area contributed by atoms with E-state index < -0.39 is 0 Å². The third kappa shape index (κ3) is 2.21. The minimum Gasteiger partial charge on any atom is -0.283 e. The molecular weight excluding hydrogens is 263 g/mol. The van der Waals surface area contributed by atoms with Gasteiger partial charge in [0.05, 0.1) is 5.02 Å². The van der Waals surface area contributed by atoms with Crippen LogP contribution in [-0.4, -0.2) is 10.2 Å². The Morgan fingerprint density at radius 1 is 1.19 bits per heavy atom. The summed E-state index contributed by atoms with van der Waals surface area (Å²) < 4.78 is 0. The molecule has 0 bridgehead atoms. The summed E-state index contributed by atoms with van der Waals surface area (Å²) in [6.07, 6.45) is 1.67. The third-order valence-corrected chi connectivity index (χ3v) is 4.44. The van der Waals surface area contributed by atoms with Gasteiger partial charge in [0.1, 0.15) is 5.03 Å². The third-order valence-electron chi connectivity index (χ3n) is 2.30. The maximum atomic E-state index is 6.09. The second kappa shape index (κ2) is 4.70. The van der Waals surface area contributed by atoms with Crippen LogP contribution in [0.2, 0.25) is 10.0 Å². The fraction of sp³-hybridized carbons (Fsp3) is 0.182. The predicted molar refractivity (Wildman–Crippen MR) is 68.6 cm³/mol. The molecule has 1 aromatic carbocycles. The number of nitrogens with one attached hydrogen (secondary N) is 1. The van der Waals surface area contributed by atoms with Crippen molar-refractivity contribution in [2.75, 3.05) is 0 Å². The van der Waals surface area contributed by atoms with Gasteiger partial charge in [0.15, 0.2) is 0 Å². The lowest BCUT2D eigenvalue weighted by Gasteiger charge is -2.09. The number of aromatic nitrogens is 2. The van der Waals surface area contributed by atoms with Crippen LogP contribution >= 0.6 is 35.0 Å². The van der Waals surface area contributed by atoms with Crippen LogP contribution in [0.4, 0.5) is 0 Å². The normalized spacial score (nSPS) is 10.8. The van der Waals surface area contributed by atoms with Crippen molar-refractivity contribution >= 4 is 35.0 Å². The van der Waals surface area contributed by atoms with Gasteiger partial charge < -0.3 is 0 Å². The maximum absolute atomic E-state index is 6.09. The van der Waals surface area contributed by atoms with Crippen molar-refractivity contribution in [3.63, 3.8) is 0 Å². The van der Waals surface area contributed by atoms with Gasteiger partial charge in [-0.3, -0.25) is 5.10 Å². The number of aromatic amines is 1. The van der Waals surface area contributed by atoms with Crippen molar-refractivity contribution in [2.45, 2.75) is 23.8 Å². The van der Waals surface area contributed by atoms with E-state index in [1.807, 2.05) is 26.0 Å². The zero-order chi connectivity index (χ0) is 11.7. The largest absolute Gasteiger partial charge is 0.283 e. The van der Waals surface area contributed by atoms with E-state index in [1.54, 1.807) is 6.20 Å². The van der Waals surface area contributed by atoms with Crippen molar-refractivity contribution in [1.29, 1.82) is 0 Å². The van der Waals surface area contributed by atoms with Gasteiger partial charge in [-0.1, -0.05) is 41.0 Å². The second-order valence-corrected chi connectivity index (χ2v) is 5.27. The summed E-state index contributed by atoms with van der Waals surface area (Å²) in [6.45, 7) is 4.05. The molecule has 0 aliphatic rings. The fourth-order valence-electron chi connectivity index (χ4n) is 1.39. The molecule has 16 heavy (non-hydrogen) atoms. The minimum absolute atomic E-state index is 0.628. The molecule has 2 nitrogen and oxygen atoms in total. The number of rotatable bonds is 2. The van der Waals surface area contributed by atoms with E-state index in [2.05, 4.69) is 10.2 Å². The Balaban J connectivity index is 2.42. The zero-order valence-corrected chi connectivity index (χ0v) is 11.2.